The van der Waals surface area contributed by atoms with E-state index in [1.165, 1.54) is 0 Å². The van der Waals surface area contributed by atoms with Gasteiger partial charge in [0.15, 0.2) is 6.29 Å². The quantitative estimate of drug-likeness (QED) is 0.524. The minimum atomic E-state index is 0.168. The maximum Gasteiger partial charge on any atom is 0.193 e. The van der Waals surface area contributed by atoms with Gasteiger partial charge in [0, 0.05) is 5.56 Å². The third kappa shape index (κ3) is 3.32. The highest BCUT2D eigenvalue weighted by atomic mass is 16.5. The Morgan fingerprint density at radius 2 is 1.93 bits per heavy atom. The van der Waals surface area contributed by atoms with Gasteiger partial charge in [0.05, 0.1) is 6.10 Å². The Labute approximate surface area is 83.9 Å². The molecule has 2 nitrogen and oxygen atoms in total. The fourth-order valence-electron chi connectivity index (χ4n) is 1.00. The van der Waals surface area contributed by atoms with Crippen LogP contribution >= 0.6 is 0 Å². The van der Waals surface area contributed by atoms with Gasteiger partial charge in [-0.05, 0) is 44.0 Å². The summed E-state index contributed by atoms with van der Waals surface area (Å²) in [5.41, 5.74) is 0.813. The van der Waals surface area contributed by atoms with Gasteiger partial charge in [0.1, 0.15) is 5.75 Å². The van der Waals surface area contributed by atoms with Gasteiger partial charge < -0.3 is 4.74 Å². The summed E-state index contributed by atoms with van der Waals surface area (Å²) in [5.74, 6) is 5.87. The Morgan fingerprint density at radius 3 is 2.43 bits per heavy atom. The molecule has 0 amide bonds. The Bertz CT molecular complexity index is 352. The molecule has 72 valence electrons. The SMILES string of the molecule is CC(C)Oc1ccc(C#CC=O)cc1. The Hall–Kier alpha value is -1.75. The summed E-state index contributed by atoms with van der Waals surface area (Å²) in [5, 5.41) is 0. The highest BCUT2D eigenvalue weighted by molar-refractivity contribution is 5.73. The maximum absolute atomic E-state index is 9.99. The van der Waals surface area contributed by atoms with Crippen molar-refractivity contribution in [2.75, 3.05) is 0 Å². The van der Waals surface area contributed by atoms with E-state index in [4.69, 9.17) is 4.74 Å². The van der Waals surface area contributed by atoms with Crippen molar-refractivity contribution in [3.8, 4) is 17.6 Å². The lowest BCUT2D eigenvalue weighted by atomic mass is 10.2. The average Bonchev–Trinajstić information content (AvgIpc) is 2.16. The molecule has 0 aliphatic heterocycles. The zero-order valence-electron chi connectivity index (χ0n) is 8.28. The van der Waals surface area contributed by atoms with Crippen LogP contribution in [-0.4, -0.2) is 12.4 Å². The van der Waals surface area contributed by atoms with Crippen molar-refractivity contribution in [1.82, 2.24) is 0 Å². The van der Waals surface area contributed by atoms with Crippen LogP contribution in [0.3, 0.4) is 0 Å². The molecule has 1 aromatic carbocycles. The Morgan fingerprint density at radius 1 is 1.29 bits per heavy atom. The van der Waals surface area contributed by atoms with Gasteiger partial charge in [0.25, 0.3) is 0 Å². The zero-order valence-corrected chi connectivity index (χ0v) is 8.28. The van der Waals surface area contributed by atoms with E-state index in [9.17, 15) is 4.79 Å². The first-order chi connectivity index (χ1) is 6.72. The minimum absolute atomic E-state index is 0.168. The van der Waals surface area contributed by atoms with Gasteiger partial charge in [-0.1, -0.05) is 5.92 Å². The second kappa shape index (κ2) is 5.08. The van der Waals surface area contributed by atoms with Crippen molar-refractivity contribution in [1.29, 1.82) is 0 Å². The lowest BCUT2D eigenvalue weighted by Crippen LogP contribution is -2.05. The minimum Gasteiger partial charge on any atom is -0.491 e. The molecule has 0 aliphatic rings. The highest BCUT2D eigenvalue weighted by Gasteiger charge is 1.95. The Balaban J connectivity index is 2.73. The summed E-state index contributed by atoms with van der Waals surface area (Å²) in [6.45, 7) is 3.94. The number of rotatable bonds is 2. The maximum atomic E-state index is 9.99. The van der Waals surface area contributed by atoms with Crippen LogP contribution in [0.25, 0.3) is 0 Å². The highest BCUT2D eigenvalue weighted by Crippen LogP contribution is 2.12. The summed E-state index contributed by atoms with van der Waals surface area (Å²) >= 11 is 0. The van der Waals surface area contributed by atoms with E-state index >= 15 is 0 Å². The van der Waals surface area contributed by atoms with Gasteiger partial charge in [-0.2, -0.15) is 0 Å². The predicted molar refractivity (Wildman–Crippen MR) is 55.1 cm³/mol. The van der Waals surface area contributed by atoms with Crippen molar-refractivity contribution < 1.29 is 9.53 Å². The van der Waals surface area contributed by atoms with Gasteiger partial charge >= 0.3 is 0 Å². The molecule has 0 aliphatic carbocycles. The summed E-state index contributed by atoms with van der Waals surface area (Å²) in [6.07, 6.45) is 0.750. The van der Waals surface area contributed by atoms with E-state index in [-0.39, 0.29) is 6.10 Å². The topological polar surface area (TPSA) is 26.3 Å². The number of carbonyl (C=O) groups excluding carboxylic acids is 1. The number of benzene rings is 1. The molecule has 0 radical (unpaired) electrons. The molecule has 0 saturated carbocycles. The largest absolute Gasteiger partial charge is 0.491 e. The third-order valence-corrected chi connectivity index (χ3v) is 1.50. The summed E-state index contributed by atoms with van der Waals surface area (Å²) < 4.78 is 5.46. The lowest BCUT2D eigenvalue weighted by Gasteiger charge is -2.08. The Kier molecular flexibility index (Phi) is 3.75. The fraction of sp³-hybridized carbons (Fsp3) is 0.250. The smallest absolute Gasteiger partial charge is 0.193 e. The standard InChI is InChI=1S/C12H12O2/c1-10(2)14-12-7-5-11(6-8-12)4-3-9-13/h5-10H,1-2H3. The molecule has 0 aromatic heterocycles. The van der Waals surface area contributed by atoms with Crippen molar-refractivity contribution in [3.05, 3.63) is 29.8 Å². The molecule has 0 heterocycles. The molecular formula is C12H12O2. The molecule has 0 fully saturated rings. The zero-order chi connectivity index (χ0) is 10.4. The van der Waals surface area contributed by atoms with E-state index in [0.29, 0.717) is 6.29 Å². The normalized spacial score (nSPS) is 9.07. The van der Waals surface area contributed by atoms with E-state index in [0.717, 1.165) is 11.3 Å². The molecule has 0 spiro atoms. The van der Waals surface area contributed by atoms with E-state index in [1.54, 1.807) is 0 Å². The van der Waals surface area contributed by atoms with Crippen LogP contribution in [0.4, 0.5) is 0 Å². The van der Waals surface area contributed by atoms with Crippen molar-refractivity contribution in [3.63, 3.8) is 0 Å². The fourth-order valence-corrected chi connectivity index (χ4v) is 1.00. The second-order valence-corrected chi connectivity index (χ2v) is 3.08. The summed E-state index contributed by atoms with van der Waals surface area (Å²) in [4.78, 5) is 9.99. The van der Waals surface area contributed by atoms with Crippen LogP contribution in [0.2, 0.25) is 0 Å². The monoisotopic (exact) mass is 188 g/mol. The molecule has 0 saturated heterocycles. The number of aldehydes is 1. The molecule has 0 atom stereocenters. The number of ether oxygens (including phenoxy) is 1. The average molecular weight is 188 g/mol. The number of carbonyl (C=O) groups is 1. The first kappa shape index (κ1) is 10.3. The number of hydrogen-bond acceptors (Lipinski definition) is 2. The molecular weight excluding hydrogens is 176 g/mol. The van der Waals surface area contributed by atoms with Crippen LogP contribution in [0, 0.1) is 11.8 Å². The molecule has 1 rings (SSSR count). The van der Waals surface area contributed by atoms with Crippen LogP contribution < -0.4 is 4.74 Å². The molecule has 14 heavy (non-hydrogen) atoms. The van der Waals surface area contributed by atoms with Crippen LogP contribution in [0.5, 0.6) is 5.75 Å². The first-order valence-electron chi connectivity index (χ1n) is 4.44. The second-order valence-electron chi connectivity index (χ2n) is 3.08. The molecule has 0 bridgehead atoms. The van der Waals surface area contributed by atoms with Gasteiger partial charge in [-0.15, -0.1) is 0 Å². The van der Waals surface area contributed by atoms with Crippen LogP contribution in [0.1, 0.15) is 19.4 Å². The van der Waals surface area contributed by atoms with Crippen molar-refractivity contribution >= 4 is 6.29 Å². The first-order valence-corrected chi connectivity index (χ1v) is 4.44. The molecule has 0 unspecified atom stereocenters. The number of hydrogen-bond donors (Lipinski definition) is 0. The van der Waals surface area contributed by atoms with Crippen LogP contribution in [0.15, 0.2) is 24.3 Å². The van der Waals surface area contributed by atoms with Gasteiger partial charge in [0.2, 0.25) is 0 Å². The predicted octanol–water partition coefficient (Wildman–Crippen LogP) is 2.02. The summed E-state index contributed by atoms with van der Waals surface area (Å²) in [6, 6.07) is 7.34. The van der Waals surface area contributed by atoms with Crippen molar-refractivity contribution in [2.24, 2.45) is 0 Å². The summed E-state index contributed by atoms with van der Waals surface area (Å²) in [7, 11) is 0. The van der Waals surface area contributed by atoms with Crippen molar-refractivity contribution in [2.45, 2.75) is 20.0 Å². The molecule has 0 N–H and O–H groups in total. The van der Waals surface area contributed by atoms with E-state index in [2.05, 4.69) is 11.8 Å². The molecule has 2 heteroatoms. The van der Waals surface area contributed by atoms with Gasteiger partial charge in [-0.3, -0.25) is 4.79 Å². The van der Waals surface area contributed by atoms with E-state index < -0.39 is 0 Å². The van der Waals surface area contributed by atoms with Gasteiger partial charge in [-0.25, -0.2) is 0 Å². The van der Waals surface area contributed by atoms with Crippen LogP contribution in [-0.2, 0) is 4.79 Å². The van der Waals surface area contributed by atoms with E-state index in [1.807, 2.05) is 38.1 Å². The molecule has 1 aromatic rings. The third-order valence-electron chi connectivity index (χ3n) is 1.50. The lowest BCUT2D eigenvalue weighted by molar-refractivity contribution is -0.103.